The highest BCUT2D eigenvalue weighted by Gasteiger charge is 2.23. The van der Waals surface area contributed by atoms with Gasteiger partial charge in [0.2, 0.25) is 0 Å². The number of carbonyl (C=O) groups excluding carboxylic acids is 1. The van der Waals surface area contributed by atoms with Gasteiger partial charge >= 0.3 is 0 Å². The fourth-order valence-electron chi connectivity index (χ4n) is 2.80. The zero-order chi connectivity index (χ0) is 15.2. The van der Waals surface area contributed by atoms with Gasteiger partial charge < -0.3 is 15.0 Å². The molecule has 1 aromatic carbocycles. The lowest BCUT2D eigenvalue weighted by Gasteiger charge is -2.27. The van der Waals surface area contributed by atoms with Gasteiger partial charge in [0, 0.05) is 24.7 Å². The Morgan fingerprint density at radius 1 is 1.48 bits per heavy atom. The minimum Gasteiger partial charge on any atom is -0.497 e. The normalized spacial score (nSPS) is 18.0. The smallest absolute Gasteiger partial charge is 0.254 e. The summed E-state index contributed by atoms with van der Waals surface area (Å²) >= 11 is 0. The molecule has 0 spiro atoms. The third kappa shape index (κ3) is 4.46. The average molecular weight is 290 g/mol. The summed E-state index contributed by atoms with van der Waals surface area (Å²) in [5.74, 6) is 1.28. The van der Waals surface area contributed by atoms with Crippen molar-refractivity contribution in [2.24, 2.45) is 5.92 Å². The number of rotatable bonds is 6. The quantitative estimate of drug-likeness (QED) is 0.875. The summed E-state index contributed by atoms with van der Waals surface area (Å²) in [6, 6.07) is 7.84. The average Bonchev–Trinajstić information content (AvgIpc) is 2.98. The van der Waals surface area contributed by atoms with Crippen LogP contribution in [0.4, 0.5) is 0 Å². The molecule has 1 saturated heterocycles. The molecule has 1 aliphatic heterocycles. The van der Waals surface area contributed by atoms with Crippen LogP contribution in [0.3, 0.4) is 0 Å². The largest absolute Gasteiger partial charge is 0.497 e. The first-order chi connectivity index (χ1) is 10.1. The predicted octanol–water partition coefficient (Wildman–Crippen LogP) is 2.55. The molecular weight excluding hydrogens is 264 g/mol. The molecule has 0 radical (unpaired) electrons. The molecule has 1 amide bonds. The lowest BCUT2D eigenvalue weighted by atomic mass is 10.1. The van der Waals surface area contributed by atoms with Crippen LogP contribution in [0.5, 0.6) is 5.75 Å². The molecule has 1 unspecified atom stereocenters. The fourth-order valence-corrected chi connectivity index (χ4v) is 2.80. The highest BCUT2D eigenvalue weighted by Crippen LogP contribution is 2.16. The zero-order valence-corrected chi connectivity index (χ0v) is 13.3. The van der Waals surface area contributed by atoms with Crippen molar-refractivity contribution in [2.75, 3.05) is 26.7 Å². The predicted molar refractivity (Wildman–Crippen MR) is 84.8 cm³/mol. The Morgan fingerprint density at radius 3 is 2.90 bits per heavy atom. The molecule has 1 fully saturated rings. The van der Waals surface area contributed by atoms with E-state index in [2.05, 4.69) is 19.2 Å². The Balaban J connectivity index is 2.11. The topological polar surface area (TPSA) is 41.6 Å². The van der Waals surface area contributed by atoms with Gasteiger partial charge in [-0.05, 0) is 43.5 Å². The number of hydrogen-bond acceptors (Lipinski definition) is 3. The summed E-state index contributed by atoms with van der Waals surface area (Å²) in [6.07, 6.45) is 2.35. The SMILES string of the molecule is COc1cccc(C(=O)N(CC(C)C)CC2CCCN2)c1. The number of methoxy groups -OCH3 is 1. The van der Waals surface area contributed by atoms with E-state index in [1.54, 1.807) is 7.11 Å². The number of hydrogen-bond donors (Lipinski definition) is 1. The maximum absolute atomic E-state index is 12.8. The van der Waals surface area contributed by atoms with E-state index in [4.69, 9.17) is 4.74 Å². The van der Waals surface area contributed by atoms with Crippen molar-refractivity contribution in [3.63, 3.8) is 0 Å². The van der Waals surface area contributed by atoms with Crippen LogP contribution in [0.15, 0.2) is 24.3 Å². The summed E-state index contributed by atoms with van der Waals surface area (Å²) in [5, 5.41) is 3.47. The van der Waals surface area contributed by atoms with E-state index >= 15 is 0 Å². The van der Waals surface area contributed by atoms with Crippen LogP contribution in [0.1, 0.15) is 37.0 Å². The lowest BCUT2D eigenvalue weighted by molar-refractivity contribution is 0.0721. The van der Waals surface area contributed by atoms with E-state index in [0.29, 0.717) is 17.5 Å². The van der Waals surface area contributed by atoms with Crippen LogP contribution in [-0.4, -0.2) is 43.6 Å². The van der Waals surface area contributed by atoms with Gasteiger partial charge in [-0.2, -0.15) is 0 Å². The first-order valence-electron chi connectivity index (χ1n) is 7.77. The third-order valence-corrected chi connectivity index (χ3v) is 3.79. The number of ether oxygens (including phenoxy) is 1. The van der Waals surface area contributed by atoms with Gasteiger partial charge in [-0.25, -0.2) is 0 Å². The van der Waals surface area contributed by atoms with E-state index in [0.717, 1.165) is 31.8 Å². The molecule has 116 valence electrons. The molecule has 4 heteroatoms. The van der Waals surface area contributed by atoms with E-state index < -0.39 is 0 Å². The second-order valence-electron chi connectivity index (χ2n) is 6.13. The van der Waals surface area contributed by atoms with Gasteiger partial charge in [0.05, 0.1) is 7.11 Å². The minimum absolute atomic E-state index is 0.0938. The first kappa shape index (κ1) is 15.8. The van der Waals surface area contributed by atoms with Crippen LogP contribution in [0.25, 0.3) is 0 Å². The molecule has 1 aliphatic rings. The van der Waals surface area contributed by atoms with Crippen LogP contribution >= 0.6 is 0 Å². The molecule has 0 bridgehead atoms. The van der Waals surface area contributed by atoms with Gasteiger partial charge in [0.25, 0.3) is 5.91 Å². The second-order valence-corrected chi connectivity index (χ2v) is 6.13. The maximum atomic E-state index is 12.8. The minimum atomic E-state index is 0.0938. The standard InChI is InChI=1S/C17H26N2O2/c1-13(2)11-19(12-15-7-5-9-18-15)17(20)14-6-4-8-16(10-14)21-3/h4,6,8,10,13,15,18H,5,7,9,11-12H2,1-3H3. The van der Waals surface area contributed by atoms with Crippen LogP contribution in [0, 0.1) is 5.92 Å². The maximum Gasteiger partial charge on any atom is 0.254 e. The Hall–Kier alpha value is -1.55. The molecular formula is C17H26N2O2. The molecule has 4 nitrogen and oxygen atoms in total. The summed E-state index contributed by atoms with van der Waals surface area (Å²) in [6.45, 7) is 6.93. The van der Waals surface area contributed by atoms with Gasteiger partial charge in [-0.3, -0.25) is 4.79 Å². The van der Waals surface area contributed by atoms with Crippen molar-refractivity contribution < 1.29 is 9.53 Å². The van der Waals surface area contributed by atoms with E-state index in [-0.39, 0.29) is 5.91 Å². The number of carbonyl (C=O) groups is 1. The van der Waals surface area contributed by atoms with Crippen molar-refractivity contribution in [2.45, 2.75) is 32.7 Å². The number of benzene rings is 1. The molecule has 21 heavy (non-hydrogen) atoms. The first-order valence-corrected chi connectivity index (χ1v) is 7.77. The van der Waals surface area contributed by atoms with Gasteiger partial charge in [0.1, 0.15) is 5.75 Å². The molecule has 0 aliphatic carbocycles. The Kier molecular flexibility index (Phi) is 5.62. The fraction of sp³-hybridized carbons (Fsp3) is 0.588. The molecule has 2 rings (SSSR count). The lowest BCUT2D eigenvalue weighted by Crippen LogP contribution is -2.42. The number of nitrogens with one attached hydrogen (secondary N) is 1. The van der Waals surface area contributed by atoms with E-state index in [1.807, 2.05) is 29.2 Å². The highest BCUT2D eigenvalue weighted by atomic mass is 16.5. The Bertz CT molecular complexity index is 468. The van der Waals surface area contributed by atoms with Gasteiger partial charge in [-0.15, -0.1) is 0 Å². The van der Waals surface area contributed by atoms with Crippen LogP contribution in [-0.2, 0) is 0 Å². The molecule has 0 aromatic heterocycles. The van der Waals surface area contributed by atoms with Gasteiger partial charge in [-0.1, -0.05) is 19.9 Å². The Morgan fingerprint density at radius 2 is 2.29 bits per heavy atom. The monoisotopic (exact) mass is 290 g/mol. The number of nitrogens with zero attached hydrogens (tertiary/aromatic N) is 1. The zero-order valence-electron chi connectivity index (χ0n) is 13.3. The van der Waals surface area contributed by atoms with E-state index in [9.17, 15) is 4.79 Å². The van der Waals surface area contributed by atoms with Crippen LogP contribution in [0.2, 0.25) is 0 Å². The van der Waals surface area contributed by atoms with Crippen molar-refractivity contribution in [1.82, 2.24) is 10.2 Å². The summed E-state index contributed by atoms with van der Waals surface area (Å²) in [4.78, 5) is 14.8. The van der Waals surface area contributed by atoms with Crippen molar-refractivity contribution in [3.8, 4) is 5.75 Å². The third-order valence-electron chi connectivity index (χ3n) is 3.79. The summed E-state index contributed by atoms with van der Waals surface area (Å²) in [7, 11) is 1.62. The number of amides is 1. The van der Waals surface area contributed by atoms with Crippen molar-refractivity contribution in [1.29, 1.82) is 0 Å². The van der Waals surface area contributed by atoms with E-state index in [1.165, 1.54) is 6.42 Å². The molecule has 1 aromatic rings. The van der Waals surface area contributed by atoms with Crippen molar-refractivity contribution >= 4 is 5.91 Å². The molecule has 1 atom stereocenters. The van der Waals surface area contributed by atoms with Gasteiger partial charge in [0.15, 0.2) is 0 Å². The molecule has 1 heterocycles. The van der Waals surface area contributed by atoms with Crippen molar-refractivity contribution in [3.05, 3.63) is 29.8 Å². The molecule has 0 saturated carbocycles. The summed E-state index contributed by atoms with van der Waals surface area (Å²) in [5.41, 5.74) is 0.702. The molecule has 1 N–H and O–H groups in total. The summed E-state index contributed by atoms with van der Waals surface area (Å²) < 4.78 is 5.22. The Labute approximate surface area is 127 Å². The second kappa shape index (κ2) is 7.46. The van der Waals surface area contributed by atoms with Crippen LogP contribution < -0.4 is 10.1 Å². The highest BCUT2D eigenvalue weighted by molar-refractivity contribution is 5.94.